The maximum atomic E-state index is 12.1. The van der Waals surface area contributed by atoms with E-state index in [1.165, 1.54) is 12.0 Å². The molecule has 2 heterocycles. The summed E-state index contributed by atoms with van der Waals surface area (Å²) < 4.78 is 5.57. The van der Waals surface area contributed by atoms with Crippen molar-refractivity contribution in [2.75, 3.05) is 46.9 Å². The van der Waals surface area contributed by atoms with Crippen LogP contribution in [0.2, 0.25) is 0 Å². The normalized spacial score (nSPS) is 20.6. The lowest BCUT2D eigenvalue weighted by atomic mass is 9.80. The summed E-state index contributed by atoms with van der Waals surface area (Å²) in [7, 11) is 3.54. The highest BCUT2D eigenvalue weighted by atomic mass is 16.5. The molecule has 148 valence electrons. The van der Waals surface area contributed by atoms with Gasteiger partial charge in [0.15, 0.2) is 5.96 Å². The van der Waals surface area contributed by atoms with Gasteiger partial charge in [0.1, 0.15) is 6.54 Å². The minimum Gasteiger partial charge on any atom is -0.381 e. The minimum atomic E-state index is 0.0154. The van der Waals surface area contributed by atoms with E-state index in [-0.39, 0.29) is 18.5 Å². The number of amides is 1. The lowest BCUT2D eigenvalue weighted by Gasteiger charge is -2.34. The number of carbonyl (C=O) groups is 1. The summed E-state index contributed by atoms with van der Waals surface area (Å²) in [5.74, 6) is 0.853. The highest BCUT2D eigenvalue weighted by Crippen LogP contribution is 2.39. The Morgan fingerprint density at radius 2 is 1.96 bits per heavy atom. The molecule has 2 aliphatic rings. The van der Waals surface area contributed by atoms with Crippen LogP contribution in [0.5, 0.6) is 0 Å². The van der Waals surface area contributed by atoms with E-state index in [2.05, 4.69) is 34.3 Å². The Bertz CT molecular complexity index is 653. The summed E-state index contributed by atoms with van der Waals surface area (Å²) in [5.41, 5.74) is 1.55. The minimum absolute atomic E-state index is 0.0154. The molecule has 0 radical (unpaired) electrons. The summed E-state index contributed by atoms with van der Waals surface area (Å²) in [6, 6.07) is 10.5. The number of hydrogen-bond acceptors (Lipinski definition) is 3. The monoisotopic (exact) mass is 372 g/mol. The number of ether oxygens (including phenoxy) is 1. The first-order chi connectivity index (χ1) is 13.0. The van der Waals surface area contributed by atoms with E-state index in [0.29, 0.717) is 5.41 Å². The largest absolute Gasteiger partial charge is 0.381 e. The number of nitrogens with one attached hydrogen (secondary N) is 1. The van der Waals surface area contributed by atoms with Crippen molar-refractivity contribution in [3.63, 3.8) is 0 Å². The molecule has 1 atom stereocenters. The molecular formula is C21H32N4O2. The van der Waals surface area contributed by atoms with Crippen LogP contribution < -0.4 is 5.32 Å². The molecule has 1 aromatic carbocycles. The topological polar surface area (TPSA) is 57.2 Å². The number of carbonyl (C=O) groups excluding carboxylic acids is 1. The Kier molecular flexibility index (Phi) is 6.37. The van der Waals surface area contributed by atoms with Crippen LogP contribution in [0.15, 0.2) is 35.3 Å². The van der Waals surface area contributed by atoms with Gasteiger partial charge in [-0.1, -0.05) is 30.3 Å². The standard InChI is InChI=1S/C21H32N4O2/c1-17(18-7-5-4-6-8-18)23-20(22-15-19(26)24(2)3)25-12-9-21(16-25)10-13-27-14-11-21/h4-8,17H,9-16H2,1-3H3,(H,22,23). The maximum Gasteiger partial charge on any atom is 0.243 e. The predicted molar refractivity (Wildman–Crippen MR) is 108 cm³/mol. The van der Waals surface area contributed by atoms with Gasteiger partial charge < -0.3 is 19.9 Å². The molecule has 1 N–H and O–H groups in total. The molecule has 0 aliphatic carbocycles. The first kappa shape index (κ1) is 19.7. The van der Waals surface area contributed by atoms with E-state index >= 15 is 0 Å². The van der Waals surface area contributed by atoms with Gasteiger partial charge in [-0.3, -0.25) is 4.79 Å². The van der Waals surface area contributed by atoms with Crippen molar-refractivity contribution in [3.8, 4) is 0 Å². The van der Waals surface area contributed by atoms with Crippen molar-refractivity contribution in [1.82, 2.24) is 15.1 Å². The zero-order valence-corrected chi connectivity index (χ0v) is 16.8. The highest BCUT2D eigenvalue weighted by Gasteiger charge is 2.40. The fourth-order valence-electron chi connectivity index (χ4n) is 3.87. The van der Waals surface area contributed by atoms with Crippen LogP contribution >= 0.6 is 0 Å². The van der Waals surface area contributed by atoms with Crippen molar-refractivity contribution in [2.45, 2.75) is 32.2 Å². The van der Waals surface area contributed by atoms with E-state index < -0.39 is 0 Å². The summed E-state index contributed by atoms with van der Waals surface area (Å²) >= 11 is 0. The van der Waals surface area contributed by atoms with Gasteiger partial charge in [0.2, 0.25) is 5.91 Å². The van der Waals surface area contributed by atoms with Crippen LogP contribution in [-0.4, -0.2) is 68.6 Å². The van der Waals surface area contributed by atoms with Crippen molar-refractivity contribution in [1.29, 1.82) is 0 Å². The smallest absolute Gasteiger partial charge is 0.243 e. The summed E-state index contributed by atoms with van der Waals surface area (Å²) in [6.07, 6.45) is 3.39. The molecule has 6 heteroatoms. The van der Waals surface area contributed by atoms with Crippen LogP contribution in [0, 0.1) is 5.41 Å². The molecule has 2 saturated heterocycles. The van der Waals surface area contributed by atoms with E-state index in [4.69, 9.17) is 4.74 Å². The molecule has 1 unspecified atom stereocenters. The third-order valence-corrected chi connectivity index (χ3v) is 5.80. The Morgan fingerprint density at radius 3 is 2.63 bits per heavy atom. The van der Waals surface area contributed by atoms with Crippen molar-refractivity contribution >= 4 is 11.9 Å². The lowest BCUT2D eigenvalue weighted by Crippen LogP contribution is -2.43. The quantitative estimate of drug-likeness (QED) is 0.651. The number of nitrogens with zero attached hydrogens (tertiary/aromatic N) is 3. The number of rotatable bonds is 4. The molecular weight excluding hydrogens is 340 g/mol. The lowest BCUT2D eigenvalue weighted by molar-refractivity contribution is -0.127. The molecule has 1 aromatic rings. The van der Waals surface area contributed by atoms with E-state index in [1.54, 1.807) is 19.0 Å². The fourth-order valence-corrected chi connectivity index (χ4v) is 3.87. The third kappa shape index (κ3) is 5.01. The van der Waals surface area contributed by atoms with Crippen LogP contribution in [0.1, 0.15) is 37.8 Å². The van der Waals surface area contributed by atoms with Gasteiger partial charge in [0, 0.05) is 40.4 Å². The van der Waals surface area contributed by atoms with Crippen molar-refractivity contribution < 1.29 is 9.53 Å². The molecule has 1 amide bonds. The number of guanidine groups is 1. The van der Waals surface area contributed by atoms with Gasteiger partial charge in [-0.25, -0.2) is 4.99 Å². The second kappa shape index (κ2) is 8.74. The van der Waals surface area contributed by atoms with Crippen LogP contribution in [0.4, 0.5) is 0 Å². The van der Waals surface area contributed by atoms with Gasteiger partial charge in [-0.15, -0.1) is 0 Å². The number of hydrogen-bond donors (Lipinski definition) is 1. The zero-order chi connectivity index (χ0) is 19.3. The Balaban J connectivity index is 1.73. The number of benzene rings is 1. The van der Waals surface area contributed by atoms with Gasteiger partial charge >= 0.3 is 0 Å². The number of likely N-dealkylation sites (tertiary alicyclic amines) is 1. The first-order valence-corrected chi connectivity index (χ1v) is 9.88. The summed E-state index contributed by atoms with van der Waals surface area (Å²) in [4.78, 5) is 20.7. The Morgan fingerprint density at radius 1 is 1.26 bits per heavy atom. The number of likely N-dealkylation sites (N-methyl/N-ethyl adjacent to an activating group) is 1. The van der Waals surface area contributed by atoms with Gasteiger partial charge in [0.25, 0.3) is 0 Å². The van der Waals surface area contributed by atoms with Crippen LogP contribution in [0.25, 0.3) is 0 Å². The Labute approximate surface area is 162 Å². The van der Waals surface area contributed by atoms with Crippen molar-refractivity contribution in [3.05, 3.63) is 35.9 Å². The molecule has 27 heavy (non-hydrogen) atoms. The summed E-state index contributed by atoms with van der Waals surface area (Å²) in [5, 5.41) is 3.57. The van der Waals surface area contributed by atoms with Gasteiger partial charge in [0.05, 0.1) is 6.04 Å². The molecule has 0 aromatic heterocycles. The predicted octanol–water partition coefficient (Wildman–Crippen LogP) is 2.28. The molecule has 2 aliphatic heterocycles. The fraction of sp³-hybridized carbons (Fsp3) is 0.619. The average molecular weight is 373 g/mol. The second-order valence-corrected chi connectivity index (χ2v) is 7.99. The van der Waals surface area contributed by atoms with Crippen LogP contribution in [0.3, 0.4) is 0 Å². The van der Waals surface area contributed by atoms with Crippen LogP contribution in [-0.2, 0) is 9.53 Å². The van der Waals surface area contributed by atoms with E-state index in [9.17, 15) is 4.79 Å². The first-order valence-electron chi connectivity index (χ1n) is 9.88. The molecule has 3 rings (SSSR count). The maximum absolute atomic E-state index is 12.1. The highest BCUT2D eigenvalue weighted by molar-refractivity contribution is 5.85. The van der Waals surface area contributed by atoms with Crippen molar-refractivity contribution in [2.24, 2.45) is 10.4 Å². The molecule has 6 nitrogen and oxygen atoms in total. The average Bonchev–Trinajstić information content (AvgIpc) is 3.08. The second-order valence-electron chi connectivity index (χ2n) is 7.99. The number of aliphatic imine (C=N–C) groups is 1. The summed E-state index contributed by atoms with van der Waals surface area (Å²) in [6.45, 7) is 5.98. The third-order valence-electron chi connectivity index (χ3n) is 5.80. The zero-order valence-electron chi connectivity index (χ0n) is 16.8. The molecule has 2 fully saturated rings. The molecule has 1 spiro atoms. The van der Waals surface area contributed by atoms with E-state index in [1.807, 2.05) is 18.2 Å². The van der Waals surface area contributed by atoms with Gasteiger partial charge in [-0.05, 0) is 37.2 Å². The Hall–Kier alpha value is -2.08. The van der Waals surface area contributed by atoms with Gasteiger partial charge in [-0.2, -0.15) is 0 Å². The van der Waals surface area contributed by atoms with E-state index in [0.717, 1.165) is 45.1 Å². The molecule has 0 saturated carbocycles. The SMILES string of the molecule is CC(NC(=NCC(=O)N(C)C)N1CCC2(CCOCC2)C1)c1ccccc1. The molecule has 0 bridgehead atoms.